The number of ether oxygens (including phenoxy) is 1. The van der Waals surface area contributed by atoms with Crippen molar-refractivity contribution in [1.82, 2.24) is 0 Å². The zero-order chi connectivity index (χ0) is 22.4. The third-order valence-corrected chi connectivity index (χ3v) is 5.39. The monoisotopic (exact) mass is 514 g/mol. The molecule has 31 heavy (non-hydrogen) atoms. The van der Waals surface area contributed by atoms with Crippen molar-refractivity contribution in [2.75, 3.05) is 5.32 Å². The molecule has 156 valence electrons. The molecule has 0 aliphatic carbocycles. The van der Waals surface area contributed by atoms with Gasteiger partial charge in [-0.05, 0) is 82.0 Å². The van der Waals surface area contributed by atoms with Crippen LogP contribution in [-0.4, -0.2) is 5.91 Å². The van der Waals surface area contributed by atoms with Gasteiger partial charge in [0.25, 0.3) is 5.91 Å². The van der Waals surface area contributed by atoms with Crippen molar-refractivity contribution in [1.29, 1.82) is 5.26 Å². The average molecular weight is 516 g/mol. The Morgan fingerprint density at radius 1 is 1.16 bits per heavy atom. The number of nitriles is 1. The number of rotatable bonds is 6. The Balaban J connectivity index is 1.76. The minimum absolute atomic E-state index is 0.0423. The highest BCUT2D eigenvalue weighted by molar-refractivity contribution is 9.10. The van der Waals surface area contributed by atoms with E-state index in [9.17, 15) is 10.1 Å². The molecular weight excluding hydrogens is 499 g/mol. The van der Waals surface area contributed by atoms with Crippen molar-refractivity contribution in [3.63, 3.8) is 0 Å². The van der Waals surface area contributed by atoms with Crippen LogP contribution in [-0.2, 0) is 11.4 Å². The van der Waals surface area contributed by atoms with Crippen molar-refractivity contribution in [2.24, 2.45) is 0 Å². The van der Waals surface area contributed by atoms with Gasteiger partial charge in [-0.25, -0.2) is 0 Å². The molecule has 0 fully saturated rings. The molecule has 3 aromatic rings. The number of carbonyl (C=O) groups excluding carboxylic acids is 1. The molecule has 4 nitrogen and oxygen atoms in total. The summed E-state index contributed by atoms with van der Waals surface area (Å²) in [7, 11) is 0. The predicted molar refractivity (Wildman–Crippen MR) is 128 cm³/mol. The zero-order valence-electron chi connectivity index (χ0n) is 16.5. The van der Waals surface area contributed by atoms with Gasteiger partial charge in [-0.3, -0.25) is 4.79 Å². The standard InChI is InChI=1S/C24H17BrCl2N2O2/c1-15-3-2-4-20(9-15)29-24(30)18(13-28)10-17-11-21(25)23(22(27)12-17)31-14-16-5-7-19(26)8-6-16/h2-12H,14H2,1H3,(H,29,30)/b18-10-. The number of benzene rings is 3. The summed E-state index contributed by atoms with van der Waals surface area (Å²) in [4.78, 5) is 12.5. The van der Waals surface area contributed by atoms with E-state index in [1.807, 2.05) is 43.3 Å². The largest absolute Gasteiger partial charge is 0.486 e. The fourth-order valence-electron chi connectivity index (χ4n) is 2.77. The average Bonchev–Trinajstić information content (AvgIpc) is 2.72. The molecular formula is C24H17BrCl2N2O2. The fourth-order valence-corrected chi connectivity index (χ4v) is 3.89. The van der Waals surface area contributed by atoms with Crippen LogP contribution in [0.25, 0.3) is 6.08 Å². The molecule has 3 aromatic carbocycles. The van der Waals surface area contributed by atoms with E-state index in [4.69, 9.17) is 27.9 Å². The number of amides is 1. The molecule has 1 N–H and O–H groups in total. The van der Waals surface area contributed by atoms with Gasteiger partial charge in [0.1, 0.15) is 18.2 Å². The molecule has 0 heterocycles. The van der Waals surface area contributed by atoms with Crippen LogP contribution < -0.4 is 10.1 Å². The number of halogens is 3. The van der Waals surface area contributed by atoms with Gasteiger partial charge in [0.05, 0.1) is 9.50 Å². The highest BCUT2D eigenvalue weighted by atomic mass is 79.9. The van der Waals surface area contributed by atoms with E-state index >= 15 is 0 Å². The van der Waals surface area contributed by atoms with E-state index in [1.54, 1.807) is 30.3 Å². The van der Waals surface area contributed by atoms with E-state index < -0.39 is 5.91 Å². The summed E-state index contributed by atoms with van der Waals surface area (Å²) in [6, 6.07) is 20.0. The van der Waals surface area contributed by atoms with Crippen molar-refractivity contribution in [3.8, 4) is 11.8 Å². The van der Waals surface area contributed by atoms with Gasteiger partial charge in [0.15, 0.2) is 5.75 Å². The molecule has 0 saturated heterocycles. The van der Waals surface area contributed by atoms with Gasteiger partial charge in [-0.2, -0.15) is 5.26 Å². The Labute approximate surface area is 199 Å². The molecule has 0 aliphatic heterocycles. The summed E-state index contributed by atoms with van der Waals surface area (Å²) in [5.74, 6) is -0.0279. The summed E-state index contributed by atoms with van der Waals surface area (Å²) in [5, 5.41) is 13.2. The van der Waals surface area contributed by atoms with Gasteiger partial charge in [0, 0.05) is 10.7 Å². The Morgan fingerprint density at radius 3 is 2.55 bits per heavy atom. The maximum absolute atomic E-state index is 12.5. The lowest BCUT2D eigenvalue weighted by atomic mass is 10.1. The number of nitrogens with zero attached hydrogens (tertiary/aromatic N) is 1. The number of carbonyl (C=O) groups is 1. The molecule has 0 saturated carbocycles. The fraction of sp³-hybridized carbons (Fsp3) is 0.0833. The Hall–Kier alpha value is -2.78. The SMILES string of the molecule is Cc1cccc(NC(=O)/C(C#N)=C\c2cc(Cl)c(OCc3ccc(Cl)cc3)c(Br)c2)c1. The maximum Gasteiger partial charge on any atom is 0.266 e. The van der Waals surface area contributed by atoms with E-state index in [0.29, 0.717) is 38.1 Å². The van der Waals surface area contributed by atoms with Crippen LogP contribution in [0.1, 0.15) is 16.7 Å². The first-order valence-electron chi connectivity index (χ1n) is 9.22. The van der Waals surface area contributed by atoms with Crippen LogP contribution >= 0.6 is 39.1 Å². The molecule has 0 unspecified atom stereocenters. The zero-order valence-corrected chi connectivity index (χ0v) is 19.6. The summed E-state index contributed by atoms with van der Waals surface area (Å²) in [6.45, 7) is 2.24. The first-order chi connectivity index (χ1) is 14.9. The van der Waals surface area contributed by atoms with Gasteiger partial charge in [0.2, 0.25) is 0 Å². The van der Waals surface area contributed by atoms with Crippen molar-refractivity contribution < 1.29 is 9.53 Å². The molecule has 1 amide bonds. The highest BCUT2D eigenvalue weighted by Crippen LogP contribution is 2.35. The lowest BCUT2D eigenvalue weighted by Gasteiger charge is -2.11. The van der Waals surface area contributed by atoms with Crippen molar-refractivity contribution in [3.05, 3.63) is 97.4 Å². The van der Waals surface area contributed by atoms with E-state index in [2.05, 4.69) is 21.2 Å². The minimum Gasteiger partial charge on any atom is -0.486 e. The predicted octanol–water partition coefficient (Wildman–Crippen LogP) is 7.19. The summed E-state index contributed by atoms with van der Waals surface area (Å²) < 4.78 is 6.44. The Morgan fingerprint density at radius 2 is 1.90 bits per heavy atom. The third-order valence-electron chi connectivity index (χ3n) is 4.27. The molecule has 0 spiro atoms. The molecule has 0 bridgehead atoms. The smallest absolute Gasteiger partial charge is 0.266 e. The number of anilines is 1. The second-order valence-electron chi connectivity index (χ2n) is 6.72. The van der Waals surface area contributed by atoms with Gasteiger partial charge >= 0.3 is 0 Å². The number of aryl methyl sites for hydroxylation is 1. The van der Waals surface area contributed by atoms with Gasteiger partial charge in [-0.1, -0.05) is 47.5 Å². The summed E-state index contributed by atoms with van der Waals surface area (Å²) in [5.41, 5.74) is 3.11. The van der Waals surface area contributed by atoms with Crippen LogP contribution in [0.5, 0.6) is 5.75 Å². The molecule has 0 aliphatic rings. The van der Waals surface area contributed by atoms with Crippen LogP contribution in [0.2, 0.25) is 10.0 Å². The van der Waals surface area contributed by atoms with Crippen molar-refractivity contribution >= 4 is 56.8 Å². The highest BCUT2D eigenvalue weighted by Gasteiger charge is 2.13. The van der Waals surface area contributed by atoms with Crippen LogP contribution in [0.4, 0.5) is 5.69 Å². The second-order valence-corrected chi connectivity index (χ2v) is 8.42. The molecule has 0 atom stereocenters. The van der Waals surface area contributed by atoms with Crippen LogP contribution in [0.3, 0.4) is 0 Å². The summed E-state index contributed by atoms with van der Waals surface area (Å²) >= 11 is 15.7. The molecule has 0 aromatic heterocycles. The topological polar surface area (TPSA) is 62.1 Å². The van der Waals surface area contributed by atoms with E-state index in [1.165, 1.54) is 6.08 Å². The first-order valence-corrected chi connectivity index (χ1v) is 10.8. The van der Waals surface area contributed by atoms with E-state index in [-0.39, 0.29) is 5.57 Å². The molecule has 3 rings (SSSR count). The second kappa shape index (κ2) is 10.5. The van der Waals surface area contributed by atoms with Crippen LogP contribution in [0, 0.1) is 18.3 Å². The lowest BCUT2D eigenvalue weighted by Crippen LogP contribution is -2.13. The number of hydrogen-bond donors (Lipinski definition) is 1. The van der Waals surface area contributed by atoms with Crippen LogP contribution in [0.15, 0.2) is 70.7 Å². The quantitative estimate of drug-likeness (QED) is 0.279. The van der Waals surface area contributed by atoms with Gasteiger partial charge in [-0.15, -0.1) is 0 Å². The van der Waals surface area contributed by atoms with E-state index in [0.717, 1.165) is 11.1 Å². The maximum atomic E-state index is 12.5. The molecule has 7 heteroatoms. The normalized spacial score (nSPS) is 11.0. The molecule has 0 radical (unpaired) electrons. The van der Waals surface area contributed by atoms with Crippen molar-refractivity contribution in [2.45, 2.75) is 13.5 Å². The Bertz CT molecular complexity index is 1160. The first kappa shape index (κ1) is 22.9. The number of hydrogen-bond acceptors (Lipinski definition) is 3. The Kier molecular flexibility index (Phi) is 7.75. The third kappa shape index (κ3) is 6.35. The number of nitrogens with one attached hydrogen (secondary N) is 1. The minimum atomic E-state index is -0.497. The lowest BCUT2D eigenvalue weighted by molar-refractivity contribution is -0.112. The van der Waals surface area contributed by atoms with Gasteiger partial charge < -0.3 is 10.1 Å². The summed E-state index contributed by atoms with van der Waals surface area (Å²) in [6.07, 6.45) is 1.48.